The molecule has 1 heterocycles. The van der Waals surface area contributed by atoms with Crippen LogP contribution in [0.25, 0.3) is 6.08 Å². The molecule has 0 saturated carbocycles. The summed E-state index contributed by atoms with van der Waals surface area (Å²) in [5, 5.41) is 9.60. The highest BCUT2D eigenvalue weighted by molar-refractivity contribution is 5.92. The first kappa shape index (κ1) is 27.0. The number of hydrogen-bond donors (Lipinski definition) is 3. The minimum atomic E-state index is -0.152. The lowest BCUT2D eigenvalue weighted by molar-refractivity contribution is -0.137. The van der Waals surface area contributed by atoms with Crippen molar-refractivity contribution in [1.82, 2.24) is 9.80 Å². The molecule has 8 nitrogen and oxygen atoms in total. The van der Waals surface area contributed by atoms with Gasteiger partial charge >= 0.3 is 0 Å². The molecular weight excluding hydrogens is 419 g/mol. The normalized spacial score (nSPS) is 14.7. The van der Waals surface area contributed by atoms with Gasteiger partial charge in [-0.1, -0.05) is 6.07 Å². The highest BCUT2D eigenvalue weighted by Crippen LogP contribution is 2.26. The largest absolute Gasteiger partial charge is 0.504 e. The lowest BCUT2D eigenvalue weighted by atomic mass is 10.1. The number of nitrogens with zero attached hydrogens (tertiary/aromatic N) is 2. The first-order valence-corrected chi connectivity index (χ1v) is 9.02. The Hall–Kier alpha value is -2.00. The zero-order chi connectivity index (χ0) is 19.8. The number of carbonyl (C=O) groups is 2. The third-order valence-corrected chi connectivity index (χ3v) is 4.60. The SMILES string of the molecule is COc1cc(/C=C/C(=O)N2CCN(C(=O)CCC(N)CN)CC2)ccc1O.Cl.Cl. The van der Waals surface area contributed by atoms with Gasteiger partial charge < -0.3 is 31.1 Å². The molecule has 1 fully saturated rings. The van der Waals surface area contributed by atoms with E-state index in [9.17, 15) is 14.7 Å². The van der Waals surface area contributed by atoms with Crippen LogP contribution in [0.3, 0.4) is 0 Å². The molecule has 2 amide bonds. The number of phenols is 1. The molecular formula is C19H30Cl2N4O4. The van der Waals surface area contributed by atoms with Crippen molar-refractivity contribution in [2.24, 2.45) is 11.5 Å². The van der Waals surface area contributed by atoms with Gasteiger partial charge in [0.05, 0.1) is 7.11 Å². The van der Waals surface area contributed by atoms with Crippen LogP contribution in [0, 0.1) is 0 Å². The zero-order valence-electron chi connectivity index (χ0n) is 16.5. The van der Waals surface area contributed by atoms with Gasteiger partial charge in [0, 0.05) is 51.3 Å². The van der Waals surface area contributed by atoms with Gasteiger partial charge in [-0.05, 0) is 30.2 Å². The smallest absolute Gasteiger partial charge is 0.246 e. The molecule has 1 aliphatic rings. The molecule has 0 aliphatic carbocycles. The summed E-state index contributed by atoms with van der Waals surface area (Å²) in [4.78, 5) is 28.0. The molecule has 10 heteroatoms. The van der Waals surface area contributed by atoms with E-state index in [-0.39, 0.29) is 48.4 Å². The number of carbonyl (C=O) groups excluding carboxylic acids is 2. The fourth-order valence-corrected chi connectivity index (χ4v) is 2.83. The van der Waals surface area contributed by atoms with Gasteiger partial charge in [0.1, 0.15) is 0 Å². The van der Waals surface area contributed by atoms with E-state index in [2.05, 4.69) is 0 Å². The van der Waals surface area contributed by atoms with Crippen molar-refractivity contribution in [3.05, 3.63) is 29.8 Å². The molecule has 2 rings (SSSR count). The Morgan fingerprint density at radius 3 is 2.41 bits per heavy atom. The van der Waals surface area contributed by atoms with E-state index in [1.54, 1.807) is 28.0 Å². The van der Waals surface area contributed by atoms with Crippen molar-refractivity contribution in [2.45, 2.75) is 18.9 Å². The third kappa shape index (κ3) is 8.10. The van der Waals surface area contributed by atoms with E-state index in [1.165, 1.54) is 19.3 Å². The fraction of sp³-hybridized carbons (Fsp3) is 0.474. The summed E-state index contributed by atoms with van der Waals surface area (Å²) in [5.41, 5.74) is 12.0. The van der Waals surface area contributed by atoms with Crippen LogP contribution in [0.5, 0.6) is 11.5 Å². The zero-order valence-corrected chi connectivity index (χ0v) is 18.1. The molecule has 1 unspecified atom stereocenters. The van der Waals surface area contributed by atoms with Gasteiger partial charge in [-0.15, -0.1) is 24.8 Å². The van der Waals surface area contributed by atoms with Crippen LogP contribution in [0.4, 0.5) is 0 Å². The molecule has 0 spiro atoms. The van der Waals surface area contributed by atoms with Gasteiger partial charge in [-0.3, -0.25) is 9.59 Å². The van der Waals surface area contributed by atoms with Crippen molar-refractivity contribution in [3.63, 3.8) is 0 Å². The molecule has 164 valence electrons. The maximum absolute atomic E-state index is 12.3. The summed E-state index contributed by atoms with van der Waals surface area (Å²) >= 11 is 0. The molecule has 0 radical (unpaired) electrons. The Morgan fingerprint density at radius 2 is 1.83 bits per heavy atom. The number of ether oxygens (including phenoxy) is 1. The summed E-state index contributed by atoms with van der Waals surface area (Å²) in [6.07, 6.45) is 4.13. The Balaban J connectivity index is 0.00000392. The van der Waals surface area contributed by atoms with Crippen molar-refractivity contribution in [2.75, 3.05) is 39.8 Å². The summed E-state index contributed by atoms with van der Waals surface area (Å²) < 4.78 is 5.05. The van der Waals surface area contributed by atoms with Crippen molar-refractivity contribution >= 4 is 42.7 Å². The van der Waals surface area contributed by atoms with Crippen molar-refractivity contribution in [1.29, 1.82) is 0 Å². The van der Waals surface area contributed by atoms with Gasteiger partial charge in [0.2, 0.25) is 11.8 Å². The van der Waals surface area contributed by atoms with Crippen molar-refractivity contribution in [3.8, 4) is 11.5 Å². The topological polar surface area (TPSA) is 122 Å². The second kappa shape index (κ2) is 13.3. The molecule has 0 aromatic heterocycles. The van der Waals surface area contributed by atoms with Crippen molar-refractivity contribution < 1.29 is 19.4 Å². The van der Waals surface area contributed by atoms with Gasteiger partial charge in [0.25, 0.3) is 0 Å². The average Bonchev–Trinajstić information content (AvgIpc) is 2.70. The Kier molecular flexibility index (Phi) is 12.4. The van der Waals surface area contributed by atoms with Gasteiger partial charge in [0.15, 0.2) is 11.5 Å². The van der Waals surface area contributed by atoms with Crippen LogP contribution in [-0.2, 0) is 9.59 Å². The number of aromatic hydroxyl groups is 1. The summed E-state index contributed by atoms with van der Waals surface area (Å²) in [5.74, 6) is 0.345. The van der Waals surface area contributed by atoms with Crippen LogP contribution < -0.4 is 16.2 Å². The second-order valence-electron chi connectivity index (χ2n) is 6.51. The number of amides is 2. The van der Waals surface area contributed by atoms with E-state index in [4.69, 9.17) is 16.2 Å². The lowest BCUT2D eigenvalue weighted by Crippen LogP contribution is -2.50. The molecule has 1 aromatic rings. The lowest BCUT2D eigenvalue weighted by Gasteiger charge is -2.34. The molecule has 1 aliphatic heterocycles. The number of rotatable bonds is 7. The molecule has 29 heavy (non-hydrogen) atoms. The number of methoxy groups -OCH3 is 1. The quantitative estimate of drug-likeness (QED) is 0.534. The minimum absolute atomic E-state index is 0. The Morgan fingerprint density at radius 1 is 1.21 bits per heavy atom. The van der Waals surface area contributed by atoms with E-state index >= 15 is 0 Å². The number of nitrogens with two attached hydrogens (primary N) is 2. The Labute approximate surface area is 183 Å². The number of piperazine rings is 1. The average molecular weight is 449 g/mol. The first-order valence-electron chi connectivity index (χ1n) is 9.02. The van der Waals surface area contributed by atoms with E-state index < -0.39 is 0 Å². The Bertz CT molecular complexity index is 695. The maximum atomic E-state index is 12.3. The van der Waals surface area contributed by atoms with Crippen LogP contribution >= 0.6 is 24.8 Å². The van der Waals surface area contributed by atoms with Gasteiger partial charge in [-0.2, -0.15) is 0 Å². The first-order chi connectivity index (χ1) is 12.9. The molecule has 1 atom stereocenters. The number of hydrogen-bond acceptors (Lipinski definition) is 6. The van der Waals surface area contributed by atoms with E-state index in [1.807, 2.05) is 0 Å². The number of benzene rings is 1. The summed E-state index contributed by atoms with van der Waals surface area (Å²) in [6, 6.07) is 4.72. The van der Waals surface area contributed by atoms with Crippen LogP contribution in [-0.4, -0.2) is 72.6 Å². The predicted molar refractivity (Wildman–Crippen MR) is 118 cm³/mol. The predicted octanol–water partition coefficient (Wildman–Crippen LogP) is 0.995. The van der Waals surface area contributed by atoms with Crippen LogP contribution in [0.15, 0.2) is 24.3 Å². The fourth-order valence-electron chi connectivity index (χ4n) is 2.83. The standard InChI is InChI=1S/C19H28N4O4.2ClH/c1-27-17-12-14(2-5-16(17)24)3-6-18(25)22-8-10-23(11-9-22)19(26)7-4-15(21)13-20;;/h2-3,5-6,12,15,24H,4,7-11,13,20-21H2,1H3;2*1H/b6-3+;;. The molecule has 1 aromatic carbocycles. The van der Waals surface area contributed by atoms with E-state index in [0.29, 0.717) is 51.3 Å². The summed E-state index contributed by atoms with van der Waals surface area (Å²) in [7, 11) is 1.47. The number of halogens is 2. The second-order valence-corrected chi connectivity index (χ2v) is 6.51. The molecule has 1 saturated heterocycles. The van der Waals surface area contributed by atoms with Gasteiger partial charge in [-0.25, -0.2) is 0 Å². The molecule has 5 N–H and O–H groups in total. The van der Waals surface area contributed by atoms with Crippen LogP contribution in [0.2, 0.25) is 0 Å². The minimum Gasteiger partial charge on any atom is -0.504 e. The third-order valence-electron chi connectivity index (χ3n) is 4.60. The van der Waals surface area contributed by atoms with Crippen LogP contribution in [0.1, 0.15) is 18.4 Å². The maximum Gasteiger partial charge on any atom is 0.246 e. The van der Waals surface area contributed by atoms with E-state index in [0.717, 1.165) is 5.56 Å². The highest BCUT2D eigenvalue weighted by atomic mass is 35.5. The highest BCUT2D eigenvalue weighted by Gasteiger charge is 2.23. The summed E-state index contributed by atoms with van der Waals surface area (Å²) in [6.45, 7) is 2.40. The number of phenolic OH excluding ortho intramolecular Hbond substituents is 1. The molecule has 0 bridgehead atoms. The monoisotopic (exact) mass is 448 g/mol.